The minimum absolute atomic E-state index is 0.0379. The van der Waals surface area contributed by atoms with Crippen molar-refractivity contribution in [1.29, 1.82) is 0 Å². The molecule has 7 nitrogen and oxygen atoms in total. The molecule has 1 aliphatic heterocycles. The van der Waals surface area contributed by atoms with E-state index in [4.69, 9.17) is 13.9 Å². The number of carbonyl (C=O) groups is 3. The quantitative estimate of drug-likeness (QED) is 0.523. The molecule has 1 saturated heterocycles. The summed E-state index contributed by atoms with van der Waals surface area (Å²) in [5.74, 6) is -1.64. The van der Waals surface area contributed by atoms with Crippen LogP contribution in [0.5, 0.6) is 0 Å². The van der Waals surface area contributed by atoms with Crippen molar-refractivity contribution in [2.24, 2.45) is 34.0 Å². The Morgan fingerprint density at radius 3 is 2.62 bits per heavy atom. The molecule has 3 fully saturated rings. The summed E-state index contributed by atoms with van der Waals surface area (Å²) in [5.41, 5.74) is 1.11. The Hall–Kier alpha value is -2.41. The molecule has 0 radical (unpaired) electrons. The highest BCUT2D eigenvalue weighted by molar-refractivity contribution is 5.92. The molecular formula is C27H34O7. The van der Waals surface area contributed by atoms with Crippen LogP contribution in [0.25, 0.3) is 0 Å². The summed E-state index contributed by atoms with van der Waals surface area (Å²) in [4.78, 5) is 39.1. The molecule has 184 valence electrons. The van der Waals surface area contributed by atoms with Gasteiger partial charge in [0.05, 0.1) is 32.2 Å². The van der Waals surface area contributed by atoms with Crippen LogP contribution < -0.4 is 0 Å². The van der Waals surface area contributed by atoms with E-state index in [1.165, 1.54) is 7.11 Å². The van der Waals surface area contributed by atoms with E-state index in [0.29, 0.717) is 6.42 Å². The molecule has 7 unspecified atom stereocenters. The Morgan fingerprint density at radius 1 is 1.24 bits per heavy atom. The fourth-order valence-corrected chi connectivity index (χ4v) is 7.98. The Balaban J connectivity index is 1.67. The molecule has 1 aromatic rings. The molecule has 4 aliphatic rings. The van der Waals surface area contributed by atoms with Crippen LogP contribution in [0.1, 0.15) is 71.5 Å². The van der Waals surface area contributed by atoms with Gasteiger partial charge in [0.25, 0.3) is 0 Å². The predicted octanol–water partition coefficient (Wildman–Crippen LogP) is 4.16. The summed E-state index contributed by atoms with van der Waals surface area (Å²) in [5, 5.41) is 11.4. The maximum Gasteiger partial charge on any atom is 0.310 e. The number of hydrogen-bond donors (Lipinski definition) is 1. The van der Waals surface area contributed by atoms with Crippen molar-refractivity contribution in [2.45, 2.75) is 72.0 Å². The van der Waals surface area contributed by atoms with Crippen molar-refractivity contribution in [3.63, 3.8) is 0 Å². The molecule has 34 heavy (non-hydrogen) atoms. The Labute approximate surface area is 199 Å². The fourth-order valence-electron chi connectivity index (χ4n) is 7.98. The van der Waals surface area contributed by atoms with Gasteiger partial charge in [-0.2, -0.15) is 0 Å². The first-order valence-electron chi connectivity index (χ1n) is 12.2. The van der Waals surface area contributed by atoms with Crippen LogP contribution in [-0.2, 0) is 23.9 Å². The second-order valence-electron chi connectivity index (χ2n) is 11.7. The van der Waals surface area contributed by atoms with E-state index >= 15 is 0 Å². The van der Waals surface area contributed by atoms with Gasteiger partial charge in [-0.1, -0.05) is 33.3 Å². The average molecular weight is 471 g/mol. The number of furan rings is 1. The summed E-state index contributed by atoms with van der Waals surface area (Å²) >= 11 is 0. The van der Waals surface area contributed by atoms with Crippen LogP contribution in [0.3, 0.4) is 0 Å². The van der Waals surface area contributed by atoms with Crippen LogP contribution in [-0.4, -0.2) is 36.0 Å². The van der Waals surface area contributed by atoms with Crippen molar-refractivity contribution in [3.8, 4) is 0 Å². The number of hydrogen-bond acceptors (Lipinski definition) is 7. The van der Waals surface area contributed by atoms with E-state index in [-0.39, 0.29) is 42.4 Å². The normalized spacial score (nSPS) is 40.8. The van der Waals surface area contributed by atoms with Crippen LogP contribution in [0.15, 0.2) is 34.2 Å². The monoisotopic (exact) mass is 470 g/mol. The number of esters is 2. The average Bonchev–Trinajstić information content (AvgIpc) is 3.32. The van der Waals surface area contributed by atoms with Crippen LogP contribution in [0, 0.1) is 34.0 Å². The summed E-state index contributed by atoms with van der Waals surface area (Å²) in [6.45, 7) is 8.03. The Morgan fingerprint density at radius 2 is 1.97 bits per heavy atom. The number of carbonyl (C=O) groups excluding carboxylic acids is 3. The zero-order chi connectivity index (χ0) is 24.6. The largest absolute Gasteiger partial charge is 0.472 e. The highest BCUT2D eigenvalue weighted by Gasteiger charge is 2.67. The van der Waals surface area contributed by atoms with E-state index in [2.05, 4.69) is 6.92 Å². The summed E-state index contributed by atoms with van der Waals surface area (Å²) < 4.78 is 16.1. The molecule has 0 spiro atoms. The SMILES string of the molecule is COC(=O)CC1C(C)(C)C(O)C2CC3=C4CC(=O)OC(c5ccoc5)C4(C)CCC3C1(C)C2=O. The zero-order valence-electron chi connectivity index (χ0n) is 20.6. The molecule has 7 heteroatoms. The van der Waals surface area contributed by atoms with Gasteiger partial charge in [-0.05, 0) is 48.2 Å². The van der Waals surface area contributed by atoms with Crippen molar-refractivity contribution in [3.05, 3.63) is 35.3 Å². The summed E-state index contributed by atoms with van der Waals surface area (Å²) in [6, 6.07) is 1.84. The van der Waals surface area contributed by atoms with Gasteiger partial charge in [-0.25, -0.2) is 0 Å². The molecule has 2 heterocycles. The lowest BCUT2D eigenvalue weighted by atomic mass is 9.40. The van der Waals surface area contributed by atoms with E-state index in [0.717, 1.165) is 29.6 Å². The van der Waals surface area contributed by atoms with Gasteiger partial charge in [0, 0.05) is 28.7 Å². The third-order valence-electron chi connectivity index (χ3n) is 9.84. The molecule has 2 saturated carbocycles. The smallest absolute Gasteiger partial charge is 0.310 e. The van der Waals surface area contributed by atoms with E-state index in [1.807, 2.05) is 26.8 Å². The first-order valence-corrected chi connectivity index (χ1v) is 12.2. The van der Waals surface area contributed by atoms with Gasteiger partial charge in [0.1, 0.15) is 11.9 Å². The number of methoxy groups -OCH3 is 1. The van der Waals surface area contributed by atoms with Crippen molar-refractivity contribution >= 4 is 17.7 Å². The third-order valence-corrected chi connectivity index (χ3v) is 9.84. The maximum absolute atomic E-state index is 13.9. The summed E-state index contributed by atoms with van der Waals surface area (Å²) in [6.07, 6.45) is 4.09. The second kappa shape index (κ2) is 7.54. The highest BCUT2D eigenvalue weighted by atomic mass is 16.5. The molecule has 1 N–H and O–H groups in total. The first kappa shape index (κ1) is 23.3. The predicted molar refractivity (Wildman–Crippen MR) is 121 cm³/mol. The molecule has 3 aliphatic carbocycles. The number of fused-ring (bicyclic) bond motifs is 5. The molecule has 5 rings (SSSR count). The van der Waals surface area contributed by atoms with Crippen molar-refractivity contribution in [2.75, 3.05) is 7.11 Å². The number of allylic oxidation sites excluding steroid dienone is 1. The van der Waals surface area contributed by atoms with Crippen molar-refractivity contribution < 1.29 is 33.4 Å². The van der Waals surface area contributed by atoms with Crippen LogP contribution in [0.2, 0.25) is 0 Å². The minimum atomic E-state index is -0.884. The topological polar surface area (TPSA) is 103 Å². The zero-order valence-corrected chi connectivity index (χ0v) is 20.6. The van der Waals surface area contributed by atoms with Gasteiger partial charge in [-0.3, -0.25) is 14.4 Å². The number of ketones is 1. The second-order valence-corrected chi connectivity index (χ2v) is 11.7. The summed E-state index contributed by atoms with van der Waals surface area (Å²) in [7, 11) is 1.35. The Bertz CT molecular complexity index is 1070. The van der Waals surface area contributed by atoms with Crippen molar-refractivity contribution in [1.82, 2.24) is 0 Å². The number of cyclic esters (lactones) is 1. The number of aliphatic hydroxyl groups is 1. The molecule has 0 amide bonds. The van der Waals surface area contributed by atoms with E-state index in [1.54, 1.807) is 12.5 Å². The Kier molecular flexibility index (Phi) is 5.18. The van der Waals surface area contributed by atoms with E-state index < -0.39 is 34.4 Å². The lowest BCUT2D eigenvalue weighted by Crippen LogP contribution is -2.66. The highest BCUT2D eigenvalue weighted by Crippen LogP contribution is 2.67. The third kappa shape index (κ3) is 2.95. The number of ether oxygens (including phenoxy) is 2. The molecule has 7 atom stereocenters. The number of aliphatic hydroxyl groups excluding tert-OH is 1. The fraction of sp³-hybridized carbons (Fsp3) is 0.667. The van der Waals surface area contributed by atoms with E-state index in [9.17, 15) is 19.5 Å². The van der Waals surface area contributed by atoms with Gasteiger partial charge >= 0.3 is 11.9 Å². The first-order chi connectivity index (χ1) is 16.0. The maximum atomic E-state index is 13.9. The van der Waals surface area contributed by atoms with Gasteiger partial charge in [0.2, 0.25) is 0 Å². The van der Waals surface area contributed by atoms with Gasteiger partial charge in [0.15, 0.2) is 0 Å². The molecule has 2 bridgehead atoms. The minimum Gasteiger partial charge on any atom is -0.472 e. The van der Waals surface area contributed by atoms with Crippen LogP contribution in [0.4, 0.5) is 0 Å². The molecule has 1 aromatic heterocycles. The van der Waals surface area contributed by atoms with Gasteiger partial charge < -0.3 is 19.0 Å². The molecule has 0 aromatic carbocycles. The standard InChI is InChI=1S/C27H34O7/c1-25(2)19(12-20(28)32-5)27(4)17-6-8-26(3)18(15(17)10-16(22(25)30)23(27)31)11-21(29)34-24(26)14-7-9-33-13-14/h7,9,13,16-17,19,22,24,30H,6,8,10-12H2,1-5H3. The van der Waals surface area contributed by atoms with Gasteiger partial charge in [-0.15, -0.1) is 0 Å². The number of Topliss-reactive ketones (excluding diaryl/α,β-unsaturated/α-hetero) is 1. The molecular weight excluding hydrogens is 436 g/mol. The van der Waals surface area contributed by atoms with Crippen LogP contribution >= 0.6 is 0 Å². The number of rotatable bonds is 3. The lowest BCUT2D eigenvalue weighted by molar-refractivity contribution is -0.186. The lowest BCUT2D eigenvalue weighted by Gasteiger charge is -2.63.